The second-order valence-corrected chi connectivity index (χ2v) is 6.42. The molecule has 104 valence electrons. The van der Waals surface area contributed by atoms with Gasteiger partial charge in [0.1, 0.15) is 6.61 Å². The number of nitrogens with zero attached hydrogens (tertiary/aromatic N) is 1. The minimum Gasteiger partial charge on any atom is -0.389 e. The molecule has 1 fully saturated rings. The molecule has 1 unspecified atom stereocenters. The molecule has 1 aromatic rings. The van der Waals surface area contributed by atoms with Gasteiger partial charge >= 0.3 is 0 Å². The topological polar surface area (TPSA) is 32.7 Å². The van der Waals surface area contributed by atoms with Crippen LogP contribution in [0.4, 0.5) is 0 Å². The van der Waals surface area contributed by atoms with Crippen LogP contribution in [0.25, 0.3) is 0 Å². The van der Waals surface area contributed by atoms with E-state index in [-0.39, 0.29) is 6.61 Å². The molecule has 1 saturated carbocycles. The first-order valence-electron chi connectivity index (χ1n) is 6.67. The molecule has 1 aliphatic rings. The van der Waals surface area contributed by atoms with Gasteiger partial charge in [0.25, 0.3) is 0 Å². The summed E-state index contributed by atoms with van der Waals surface area (Å²) in [5.41, 5.74) is 0. The maximum atomic E-state index is 9.97. The summed E-state index contributed by atoms with van der Waals surface area (Å²) >= 11 is 1.83. The summed E-state index contributed by atoms with van der Waals surface area (Å²) in [6.45, 7) is 4.29. The van der Waals surface area contributed by atoms with E-state index >= 15 is 0 Å². The van der Waals surface area contributed by atoms with Crippen molar-refractivity contribution in [3.63, 3.8) is 0 Å². The van der Waals surface area contributed by atoms with Gasteiger partial charge in [-0.1, -0.05) is 5.92 Å². The molecule has 4 heteroatoms. The fourth-order valence-corrected chi connectivity index (χ4v) is 3.05. The van der Waals surface area contributed by atoms with Crippen molar-refractivity contribution in [2.45, 2.75) is 38.5 Å². The average Bonchev–Trinajstić information content (AvgIpc) is 3.13. The van der Waals surface area contributed by atoms with Gasteiger partial charge in [-0.15, -0.1) is 17.8 Å². The van der Waals surface area contributed by atoms with Gasteiger partial charge in [-0.2, -0.15) is 0 Å². The van der Waals surface area contributed by atoms with Crippen molar-refractivity contribution in [1.29, 1.82) is 0 Å². The lowest BCUT2D eigenvalue weighted by Gasteiger charge is -2.24. The summed E-state index contributed by atoms with van der Waals surface area (Å²) in [5.74, 6) is 2.41. The number of ether oxygens (including phenoxy) is 1. The number of aliphatic hydroxyl groups is 1. The van der Waals surface area contributed by atoms with Crippen LogP contribution in [0, 0.1) is 19.3 Å². The summed E-state index contributed by atoms with van der Waals surface area (Å²) < 4.78 is 5.19. The van der Waals surface area contributed by atoms with Gasteiger partial charge in [0.2, 0.25) is 0 Å². The highest BCUT2D eigenvalue weighted by molar-refractivity contribution is 7.11. The maximum Gasteiger partial charge on any atom is 0.107 e. The number of aryl methyl sites for hydroxylation is 1. The van der Waals surface area contributed by atoms with Crippen molar-refractivity contribution in [3.05, 3.63) is 21.9 Å². The van der Waals surface area contributed by atoms with E-state index in [0.717, 1.165) is 6.54 Å². The lowest BCUT2D eigenvalue weighted by atomic mass is 10.3. The summed E-state index contributed by atoms with van der Waals surface area (Å²) in [6.07, 6.45) is 7.13. The van der Waals surface area contributed by atoms with Gasteiger partial charge in [-0.05, 0) is 31.9 Å². The molecule has 1 heterocycles. The van der Waals surface area contributed by atoms with E-state index in [9.17, 15) is 5.11 Å². The normalized spacial score (nSPS) is 16.5. The van der Waals surface area contributed by atoms with Gasteiger partial charge in [0.15, 0.2) is 0 Å². The van der Waals surface area contributed by atoms with E-state index < -0.39 is 6.10 Å². The summed E-state index contributed by atoms with van der Waals surface area (Å²) in [5, 5.41) is 9.97. The SMILES string of the molecule is C#CCOCC(O)CN(Cc1ccc(C)s1)C1CC1. The molecule has 1 aliphatic carbocycles. The van der Waals surface area contributed by atoms with Crippen molar-refractivity contribution >= 4 is 11.3 Å². The molecule has 1 N–H and O–H groups in total. The van der Waals surface area contributed by atoms with Crippen LogP contribution in [-0.4, -0.2) is 41.9 Å². The second kappa shape index (κ2) is 7.06. The highest BCUT2D eigenvalue weighted by Gasteiger charge is 2.30. The quantitative estimate of drug-likeness (QED) is 0.584. The van der Waals surface area contributed by atoms with Crippen LogP contribution in [0.15, 0.2) is 12.1 Å². The molecule has 0 amide bonds. The van der Waals surface area contributed by atoms with E-state index in [1.54, 1.807) is 0 Å². The molecule has 19 heavy (non-hydrogen) atoms. The summed E-state index contributed by atoms with van der Waals surface area (Å²) in [6, 6.07) is 4.96. The number of rotatable bonds is 8. The minimum atomic E-state index is -0.463. The molecule has 0 radical (unpaired) electrons. The van der Waals surface area contributed by atoms with Crippen LogP contribution in [0.1, 0.15) is 22.6 Å². The molecule has 1 aromatic heterocycles. The Hall–Kier alpha value is -0.860. The smallest absolute Gasteiger partial charge is 0.107 e. The molecule has 0 bridgehead atoms. The van der Waals surface area contributed by atoms with Crippen molar-refractivity contribution < 1.29 is 9.84 Å². The molecule has 0 aliphatic heterocycles. The predicted octanol–water partition coefficient (Wildman–Crippen LogP) is 2.03. The lowest BCUT2D eigenvalue weighted by Crippen LogP contribution is -2.36. The first-order chi connectivity index (χ1) is 9.19. The number of hydrogen-bond acceptors (Lipinski definition) is 4. The van der Waals surface area contributed by atoms with Crippen LogP contribution in [0.2, 0.25) is 0 Å². The van der Waals surface area contributed by atoms with E-state index in [1.807, 2.05) is 11.3 Å². The van der Waals surface area contributed by atoms with Crippen molar-refractivity contribution in [3.8, 4) is 12.3 Å². The van der Waals surface area contributed by atoms with Crippen LogP contribution >= 0.6 is 11.3 Å². The first-order valence-corrected chi connectivity index (χ1v) is 7.49. The van der Waals surface area contributed by atoms with Crippen LogP contribution in [0.5, 0.6) is 0 Å². The highest BCUT2D eigenvalue weighted by Crippen LogP contribution is 2.29. The Morgan fingerprint density at radius 2 is 2.37 bits per heavy atom. The molecule has 1 atom stereocenters. The van der Waals surface area contributed by atoms with Gasteiger partial charge in [0, 0.05) is 28.9 Å². The van der Waals surface area contributed by atoms with Crippen LogP contribution < -0.4 is 0 Å². The Morgan fingerprint density at radius 3 is 2.95 bits per heavy atom. The molecular formula is C15H21NO2S. The van der Waals surface area contributed by atoms with Crippen LogP contribution in [0.3, 0.4) is 0 Å². The summed E-state index contributed by atoms with van der Waals surface area (Å²) in [7, 11) is 0. The van der Waals surface area contributed by atoms with Crippen molar-refractivity contribution in [2.75, 3.05) is 19.8 Å². The molecule has 3 nitrogen and oxygen atoms in total. The second-order valence-electron chi connectivity index (χ2n) is 5.05. The third-order valence-electron chi connectivity index (χ3n) is 3.16. The van der Waals surface area contributed by atoms with Gasteiger partial charge in [-0.25, -0.2) is 0 Å². The van der Waals surface area contributed by atoms with E-state index in [4.69, 9.17) is 11.2 Å². The van der Waals surface area contributed by atoms with E-state index in [2.05, 4.69) is 29.9 Å². The van der Waals surface area contributed by atoms with Crippen LogP contribution in [-0.2, 0) is 11.3 Å². The number of thiophene rings is 1. The zero-order valence-electron chi connectivity index (χ0n) is 11.3. The monoisotopic (exact) mass is 279 g/mol. The average molecular weight is 279 g/mol. The Balaban J connectivity index is 1.81. The molecule has 2 rings (SSSR count). The molecule has 0 saturated heterocycles. The predicted molar refractivity (Wildman–Crippen MR) is 78.1 cm³/mol. The number of hydrogen-bond donors (Lipinski definition) is 1. The molecular weight excluding hydrogens is 258 g/mol. The van der Waals surface area contributed by atoms with Crippen molar-refractivity contribution in [1.82, 2.24) is 4.90 Å². The Labute approximate surface area is 119 Å². The zero-order valence-corrected chi connectivity index (χ0v) is 12.2. The number of terminal acetylenes is 1. The van der Waals surface area contributed by atoms with Gasteiger partial charge in [-0.3, -0.25) is 4.90 Å². The molecule has 0 spiro atoms. The minimum absolute atomic E-state index is 0.268. The molecule has 0 aromatic carbocycles. The number of aliphatic hydroxyl groups excluding tert-OH is 1. The fourth-order valence-electron chi connectivity index (χ4n) is 2.13. The Kier molecular flexibility index (Phi) is 5.41. The third-order valence-corrected chi connectivity index (χ3v) is 4.14. The zero-order chi connectivity index (χ0) is 13.7. The fraction of sp³-hybridized carbons (Fsp3) is 0.600. The highest BCUT2D eigenvalue weighted by atomic mass is 32.1. The van der Waals surface area contributed by atoms with Gasteiger partial charge < -0.3 is 9.84 Å². The Bertz CT molecular complexity index is 434. The summed E-state index contributed by atoms with van der Waals surface area (Å²) in [4.78, 5) is 5.06. The third kappa shape index (κ3) is 4.96. The largest absolute Gasteiger partial charge is 0.389 e. The Morgan fingerprint density at radius 1 is 1.58 bits per heavy atom. The van der Waals surface area contributed by atoms with E-state index in [0.29, 0.717) is 19.2 Å². The van der Waals surface area contributed by atoms with E-state index in [1.165, 1.54) is 22.6 Å². The maximum absolute atomic E-state index is 9.97. The standard InChI is InChI=1S/C15H21NO2S/c1-3-8-18-11-14(17)9-16(13-5-6-13)10-15-7-4-12(2)19-15/h1,4,7,13-14,17H,5-6,8-11H2,2H3. The van der Waals surface area contributed by atoms with Crippen molar-refractivity contribution in [2.24, 2.45) is 0 Å². The van der Waals surface area contributed by atoms with Gasteiger partial charge in [0.05, 0.1) is 12.7 Å². The lowest BCUT2D eigenvalue weighted by molar-refractivity contribution is 0.0244. The first kappa shape index (κ1) is 14.5.